The van der Waals surface area contributed by atoms with Crippen molar-refractivity contribution in [2.24, 2.45) is 0 Å². The summed E-state index contributed by atoms with van der Waals surface area (Å²) in [4.78, 5) is 26.9. The monoisotopic (exact) mass is 362 g/mol. The van der Waals surface area contributed by atoms with Gasteiger partial charge in [-0.15, -0.1) is 0 Å². The maximum Gasteiger partial charge on any atom is 0.317 e. The van der Waals surface area contributed by atoms with E-state index in [0.717, 1.165) is 61.4 Å². The van der Waals surface area contributed by atoms with E-state index in [0.29, 0.717) is 12.6 Å². The van der Waals surface area contributed by atoms with Crippen molar-refractivity contribution in [2.75, 3.05) is 12.3 Å². The molecule has 1 saturated heterocycles. The Morgan fingerprint density at radius 1 is 1.28 bits per heavy atom. The molecule has 25 heavy (non-hydrogen) atoms. The Morgan fingerprint density at radius 3 is 2.96 bits per heavy atom. The zero-order valence-electron chi connectivity index (χ0n) is 14.6. The molecular formula is C18H26N4O2S. The second-order valence-electron chi connectivity index (χ2n) is 7.36. The van der Waals surface area contributed by atoms with Crippen LogP contribution in [-0.4, -0.2) is 45.1 Å². The van der Waals surface area contributed by atoms with Gasteiger partial charge in [0.05, 0.1) is 18.3 Å². The molecule has 0 bridgehead atoms. The SMILES string of the molecule is O=C(NC1CCCC1)N1CCCC1Cn1nc2c(cc1=O)CSCC2. The van der Waals surface area contributed by atoms with Crippen LogP contribution in [0.1, 0.15) is 49.8 Å². The summed E-state index contributed by atoms with van der Waals surface area (Å²) in [5.41, 5.74) is 2.10. The topological polar surface area (TPSA) is 67.2 Å². The van der Waals surface area contributed by atoms with E-state index in [1.54, 1.807) is 10.7 Å². The Morgan fingerprint density at radius 2 is 2.12 bits per heavy atom. The molecular weight excluding hydrogens is 336 g/mol. The minimum Gasteiger partial charge on any atom is -0.335 e. The molecule has 136 valence electrons. The molecule has 1 saturated carbocycles. The quantitative estimate of drug-likeness (QED) is 0.895. The molecule has 1 N–H and O–H groups in total. The van der Waals surface area contributed by atoms with Crippen LogP contribution in [0.4, 0.5) is 4.79 Å². The predicted molar refractivity (Wildman–Crippen MR) is 98.9 cm³/mol. The van der Waals surface area contributed by atoms with Crippen LogP contribution in [0.25, 0.3) is 0 Å². The summed E-state index contributed by atoms with van der Waals surface area (Å²) in [5.74, 6) is 1.95. The van der Waals surface area contributed by atoms with Crippen molar-refractivity contribution in [2.45, 2.75) is 69.3 Å². The number of carbonyl (C=O) groups excluding carboxylic acids is 1. The molecule has 1 aromatic heterocycles. The number of hydrogen-bond donors (Lipinski definition) is 1. The third-order valence-electron chi connectivity index (χ3n) is 5.61. The summed E-state index contributed by atoms with van der Waals surface area (Å²) >= 11 is 1.86. The minimum atomic E-state index is -0.0377. The lowest BCUT2D eigenvalue weighted by Gasteiger charge is -2.27. The second-order valence-corrected chi connectivity index (χ2v) is 8.46. The van der Waals surface area contributed by atoms with Gasteiger partial charge in [0.1, 0.15) is 0 Å². The van der Waals surface area contributed by atoms with E-state index in [4.69, 9.17) is 0 Å². The largest absolute Gasteiger partial charge is 0.335 e. The number of fused-ring (bicyclic) bond motifs is 1. The summed E-state index contributed by atoms with van der Waals surface area (Å²) in [5, 5.41) is 7.78. The van der Waals surface area contributed by atoms with Gasteiger partial charge < -0.3 is 10.2 Å². The molecule has 1 unspecified atom stereocenters. The van der Waals surface area contributed by atoms with E-state index in [1.165, 1.54) is 12.8 Å². The van der Waals surface area contributed by atoms with Crippen molar-refractivity contribution in [1.29, 1.82) is 0 Å². The van der Waals surface area contributed by atoms with Crippen LogP contribution in [0, 0.1) is 0 Å². The summed E-state index contributed by atoms with van der Waals surface area (Å²) < 4.78 is 1.58. The number of rotatable bonds is 3. The van der Waals surface area contributed by atoms with Gasteiger partial charge in [0, 0.05) is 30.8 Å². The first-order chi connectivity index (χ1) is 12.2. The number of carbonyl (C=O) groups is 1. The third-order valence-corrected chi connectivity index (χ3v) is 6.62. The molecule has 2 fully saturated rings. The fourth-order valence-corrected chi connectivity index (χ4v) is 5.16. The normalized spacial score (nSPS) is 23.7. The molecule has 7 heteroatoms. The molecule has 0 aromatic carbocycles. The van der Waals surface area contributed by atoms with Crippen LogP contribution < -0.4 is 10.9 Å². The number of aryl methyl sites for hydroxylation is 1. The van der Waals surface area contributed by atoms with Crippen LogP contribution in [-0.2, 0) is 18.7 Å². The number of likely N-dealkylation sites (tertiary alicyclic amines) is 1. The first-order valence-electron chi connectivity index (χ1n) is 9.45. The Kier molecular flexibility index (Phi) is 5.01. The summed E-state index contributed by atoms with van der Waals surface area (Å²) in [6, 6.07) is 2.18. The molecule has 4 rings (SSSR count). The summed E-state index contributed by atoms with van der Waals surface area (Å²) in [6.07, 6.45) is 7.47. The standard InChI is InChI=1S/C18H26N4O2S/c23-17-10-13-12-25-9-7-16(13)20-22(17)11-15-6-3-8-21(15)18(24)19-14-4-1-2-5-14/h10,14-15H,1-9,11-12H2,(H,19,24). The second kappa shape index (κ2) is 7.40. The molecule has 1 aliphatic carbocycles. The predicted octanol–water partition coefficient (Wildman–Crippen LogP) is 2.15. The van der Waals surface area contributed by atoms with E-state index < -0.39 is 0 Å². The van der Waals surface area contributed by atoms with Crippen molar-refractivity contribution in [1.82, 2.24) is 20.0 Å². The third kappa shape index (κ3) is 3.71. The lowest BCUT2D eigenvalue weighted by Crippen LogP contribution is -2.48. The number of amides is 2. The van der Waals surface area contributed by atoms with Crippen molar-refractivity contribution in [3.05, 3.63) is 27.7 Å². The molecule has 1 atom stereocenters. The molecule has 3 heterocycles. The number of nitrogens with zero attached hydrogens (tertiary/aromatic N) is 3. The lowest BCUT2D eigenvalue weighted by atomic mass is 10.2. The van der Waals surface area contributed by atoms with Gasteiger partial charge in [0.2, 0.25) is 0 Å². The van der Waals surface area contributed by atoms with Crippen molar-refractivity contribution in [3.8, 4) is 0 Å². The van der Waals surface area contributed by atoms with E-state index >= 15 is 0 Å². The zero-order chi connectivity index (χ0) is 17.2. The smallest absolute Gasteiger partial charge is 0.317 e. The Hall–Kier alpha value is -1.50. The minimum absolute atomic E-state index is 0.0377. The van der Waals surface area contributed by atoms with Crippen LogP contribution in [0.3, 0.4) is 0 Å². The highest BCUT2D eigenvalue weighted by molar-refractivity contribution is 7.98. The molecule has 3 aliphatic rings. The summed E-state index contributed by atoms with van der Waals surface area (Å²) in [7, 11) is 0. The molecule has 0 radical (unpaired) electrons. The molecule has 0 spiro atoms. The maximum absolute atomic E-state index is 12.6. The Labute approximate surface area is 152 Å². The van der Waals surface area contributed by atoms with Gasteiger partial charge in [0.25, 0.3) is 5.56 Å². The Bertz CT molecular complexity index is 699. The number of aromatic nitrogens is 2. The Balaban J connectivity index is 1.46. The van der Waals surface area contributed by atoms with Crippen LogP contribution in [0.15, 0.2) is 10.9 Å². The van der Waals surface area contributed by atoms with Crippen LogP contribution in [0.5, 0.6) is 0 Å². The van der Waals surface area contributed by atoms with Gasteiger partial charge >= 0.3 is 6.03 Å². The highest BCUT2D eigenvalue weighted by atomic mass is 32.2. The van der Waals surface area contributed by atoms with Crippen LogP contribution in [0.2, 0.25) is 0 Å². The fourth-order valence-electron chi connectivity index (χ4n) is 4.20. The van der Waals surface area contributed by atoms with Gasteiger partial charge in [-0.2, -0.15) is 16.9 Å². The number of hydrogen-bond acceptors (Lipinski definition) is 4. The lowest BCUT2D eigenvalue weighted by molar-refractivity contribution is 0.181. The van der Waals surface area contributed by atoms with Gasteiger partial charge in [0.15, 0.2) is 0 Å². The number of thioether (sulfide) groups is 1. The van der Waals surface area contributed by atoms with Gasteiger partial charge in [-0.25, -0.2) is 9.48 Å². The highest BCUT2D eigenvalue weighted by Crippen LogP contribution is 2.23. The zero-order valence-corrected chi connectivity index (χ0v) is 15.4. The maximum atomic E-state index is 12.6. The van der Waals surface area contributed by atoms with Crippen molar-refractivity contribution in [3.63, 3.8) is 0 Å². The number of urea groups is 1. The van der Waals surface area contributed by atoms with Gasteiger partial charge in [-0.1, -0.05) is 12.8 Å². The van der Waals surface area contributed by atoms with Crippen molar-refractivity contribution < 1.29 is 4.79 Å². The van der Waals surface area contributed by atoms with Crippen molar-refractivity contribution >= 4 is 17.8 Å². The van der Waals surface area contributed by atoms with Crippen LogP contribution >= 0.6 is 11.8 Å². The molecule has 6 nitrogen and oxygen atoms in total. The average molecular weight is 362 g/mol. The van der Waals surface area contributed by atoms with E-state index in [-0.39, 0.29) is 17.6 Å². The highest BCUT2D eigenvalue weighted by Gasteiger charge is 2.31. The van der Waals surface area contributed by atoms with E-state index in [1.807, 2.05) is 16.7 Å². The summed E-state index contributed by atoms with van der Waals surface area (Å²) in [6.45, 7) is 1.29. The van der Waals surface area contributed by atoms with E-state index in [2.05, 4.69) is 10.4 Å². The molecule has 1 aromatic rings. The molecule has 2 amide bonds. The first kappa shape index (κ1) is 16.9. The number of nitrogens with one attached hydrogen (secondary N) is 1. The average Bonchev–Trinajstić information content (AvgIpc) is 3.27. The molecule has 2 aliphatic heterocycles. The van der Waals surface area contributed by atoms with E-state index in [9.17, 15) is 9.59 Å². The fraction of sp³-hybridized carbons (Fsp3) is 0.722. The van der Waals surface area contributed by atoms with Gasteiger partial charge in [-0.05, 0) is 37.0 Å². The first-order valence-corrected chi connectivity index (χ1v) is 10.6. The van der Waals surface area contributed by atoms with Gasteiger partial charge in [-0.3, -0.25) is 4.79 Å².